The molecule has 4 nitrogen and oxygen atoms in total. The van der Waals surface area contributed by atoms with E-state index in [0.717, 1.165) is 5.76 Å². The van der Waals surface area contributed by atoms with Gasteiger partial charge in [0.15, 0.2) is 0 Å². The molecule has 0 fully saturated rings. The largest absolute Gasteiger partial charge is 0.465 e. The van der Waals surface area contributed by atoms with Crippen LogP contribution >= 0.6 is 15.9 Å². The summed E-state index contributed by atoms with van der Waals surface area (Å²) >= 11 is 3.24. The molecule has 1 unspecified atom stereocenters. The molecule has 0 aliphatic heterocycles. The predicted molar refractivity (Wildman–Crippen MR) is 76.3 cm³/mol. The third-order valence-corrected chi connectivity index (χ3v) is 5.20. The average Bonchev–Trinajstić information content (AvgIpc) is 2.76. The van der Waals surface area contributed by atoms with Gasteiger partial charge < -0.3 is 4.42 Å². The minimum absolute atomic E-state index is 0.213. The Balaban J connectivity index is 2.25. The van der Waals surface area contributed by atoms with Crippen LogP contribution < -0.4 is 4.72 Å². The SMILES string of the molecule is Cc1ccc(C(C)NS(=O)(=O)c2ccccc2Br)o1. The van der Waals surface area contributed by atoms with Gasteiger partial charge in [-0.2, -0.15) is 0 Å². The van der Waals surface area contributed by atoms with Crippen LogP contribution in [0.25, 0.3) is 0 Å². The lowest BCUT2D eigenvalue weighted by Crippen LogP contribution is -2.26. The van der Waals surface area contributed by atoms with Crippen molar-refractivity contribution < 1.29 is 12.8 Å². The van der Waals surface area contributed by atoms with Crippen LogP contribution in [0.5, 0.6) is 0 Å². The predicted octanol–water partition coefficient (Wildman–Crippen LogP) is 3.39. The summed E-state index contributed by atoms with van der Waals surface area (Å²) in [7, 11) is -3.59. The summed E-state index contributed by atoms with van der Waals surface area (Å²) in [6, 6.07) is 9.83. The molecule has 0 radical (unpaired) electrons. The van der Waals surface area contributed by atoms with Crippen molar-refractivity contribution in [1.29, 1.82) is 0 Å². The average molecular weight is 344 g/mol. The zero-order valence-electron chi connectivity index (χ0n) is 10.6. The van der Waals surface area contributed by atoms with Gasteiger partial charge in [0.25, 0.3) is 0 Å². The lowest BCUT2D eigenvalue weighted by molar-refractivity contribution is 0.441. The molecule has 0 saturated heterocycles. The highest BCUT2D eigenvalue weighted by atomic mass is 79.9. The summed E-state index contributed by atoms with van der Waals surface area (Å²) < 4.78 is 33.1. The Morgan fingerprint density at radius 2 is 1.89 bits per heavy atom. The second-order valence-corrected chi connectivity index (χ2v) is 6.76. The highest BCUT2D eigenvalue weighted by Gasteiger charge is 2.21. The van der Waals surface area contributed by atoms with E-state index in [2.05, 4.69) is 20.7 Å². The van der Waals surface area contributed by atoms with Crippen molar-refractivity contribution in [3.8, 4) is 0 Å². The van der Waals surface area contributed by atoms with Crippen molar-refractivity contribution >= 4 is 26.0 Å². The molecule has 6 heteroatoms. The molecule has 0 bridgehead atoms. The molecule has 0 aliphatic carbocycles. The van der Waals surface area contributed by atoms with E-state index in [1.54, 1.807) is 43.3 Å². The number of benzene rings is 1. The summed E-state index contributed by atoms with van der Waals surface area (Å²) in [5.41, 5.74) is 0. The minimum Gasteiger partial charge on any atom is -0.465 e. The molecular weight excluding hydrogens is 330 g/mol. The molecule has 102 valence electrons. The van der Waals surface area contributed by atoms with Crippen LogP contribution in [0.4, 0.5) is 0 Å². The first-order valence-corrected chi connectivity index (χ1v) is 8.01. The fourth-order valence-electron chi connectivity index (χ4n) is 1.70. The monoisotopic (exact) mass is 343 g/mol. The zero-order chi connectivity index (χ0) is 14.0. The van der Waals surface area contributed by atoms with Crippen molar-refractivity contribution in [1.82, 2.24) is 4.72 Å². The Morgan fingerprint density at radius 1 is 1.21 bits per heavy atom. The smallest absolute Gasteiger partial charge is 0.242 e. The summed E-state index contributed by atoms with van der Waals surface area (Å²) in [5.74, 6) is 1.34. The van der Waals surface area contributed by atoms with Gasteiger partial charge in [-0.3, -0.25) is 0 Å². The molecule has 0 saturated carbocycles. The van der Waals surface area contributed by atoms with Gasteiger partial charge in [0.1, 0.15) is 11.5 Å². The number of rotatable bonds is 4. The van der Waals surface area contributed by atoms with Gasteiger partial charge in [-0.15, -0.1) is 0 Å². The lowest BCUT2D eigenvalue weighted by Gasteiger charge is -2.13. The molecule has 1 N–H and O–H groups in total. The van der Waals surface area contributed by atoms with Gasteiger partial charge in [-0.25, -0.2) is 13.1 Å². The van der Waals surface area contributed by atoms with Crippen LogP contribution in [0.3, 0.4) is 0 Å². The van der Waals surface area contributed by atoms with Crippen LogP contribution in [-0.4, -0.2) is 8.42 Å². The van der Waals surface area contributed by atoms with Crippen molar-refractivity contribution in [3.63, 3.8) is 0 Å². The Labute approximate surface area is 121 Å². The first kappa shape index (κ1) is 14.3. The van der Waals surface area contributed by atoms with Crippen LogP contribution in [0, 0.1) is 6.92 Å². The number of hydrogen-bond donors (Lipinski definition) is 1. The fourth-order valence-corrected chi connectivity index (χ4v) is 3.92. The molecular formula is C13H14BrNO3S. The highest BCUT2D eigenvalue weighted by Crippen LogP contribution is 2.24. The Kier molecular flexibility index (Phi) is 4.13. The number of furan rings is 1. The zero-order valence-corrected chi connectivity index (χ0v) is 13.0. The Bertz CT molecular complexity index is 679. The Hall–Kier alpha value is -1.11. The van der Waals surface area contributed by atoms with E-state index < -0.39 is 16.1 Å². The minimum atomic E-state index is -3.59. The lowest BCUT2D eigenvalue weighted by atomic mass is 10.3. The van der Waals surface area contributed by atoms with Crippen molar-refractivity contribution in [2.45, 2.75) is 24.8 Å². The van der Waals surface area contributed by atoms with Gasteiger partial charge >= 0.3 is 0 Å². The topological polar surface area (TPSA) is 59.3 Å². The Morgan fingerprint density at radius 3 is 2.47 bits per heavy atom. The van der Waals surface area contributed by atoms with Gasteiger partial charge in [-0.05, 0) is 54.0 Å². The summed E-state index contributed by atoms with van der Waals surface area (Å²) in [4.78, 5) is 0.213. The van der Waals surface area contributed by atoms with Crippen LogP contribution in [-0.2, 0) is 10.0 Å². The van der Waals surface area contributed by atoms with Crippen molar-refractivity contribution in [2.24, 2.45) is 0 Å². The van der Waals surface area contributed by atoms with Crippen LogP contribution in [0.2, 0.25) is 0 Å². The number of sulfonamides is 1. The second kappa shape index (κ2) is 5.48. The first-order chi connectivity index (χ1) is 8.90. The van der Waals surface area contributed by atoms with E-state index >= 15 is 0 Å². The molecule has 0 amide bonds. The number of nitrogens with one attached hydrogen (secondary N) is 1. The molecule has 1 atom stereocenters. The number of hydrogen-bond acceptors (Lipinski definition) is 3. The molecule has 0 aliphatic rings. The maximum atomic E-state index is 12.3. The summed E-state index contributed by atoms with van der Waals surface area (Å²) in [5, 5.41) is 0. The van der Waals surface area contributed by atoms with E-state index in [4.69, 9.17) is 4.42 Å². The molecule has 19 heavy (non-hydrogen) atoms. The summed E-state index contributed by atoms with van der Waals surface area (Å²) in [6.45, 7) is 3.56. The second-order valence-electron chi connectivity index (χ2n) is 4.22. The first-order valence-electron chi connectivity index (χ1n) is 5.73. The normalized spacial score (nSPS) is 13.4. The quantitative estimate of drug-likeness (QED) is 0.925. The van der Waals surface area contributed by atoms with Crippen LogP contribution in [0.15, 0.2) is 50.2 Å². The van der Waals surface area contributed by atoms with E-state index in [1.807, 2.05) is 6.92 Å². The third kappa shape index (κ3) is 3.26. The molecule has 2 rings (SSSR count). The van der Waals surface area contributed by atoms with E-state index in [-0.39, 0.29) is 4.90 Å². The molecule has 2 aromatic rings. The van der Waals surface area contributed by atoms with Gasteiger partial charge in [0, 0.05) is 4.47 Å². The van der Waals surface area contributed by atoms with Gasteiger partial charge in [-0.1, -0.05) is 12.1 Å². The van der Waals surface area contributed by atoms with E-state index in [0.29, 0.717) is 10.2 Å². The van der Waals surface area contributed by atoms with Crippen LogP contribution in [0.1, 0.15) is 24.5 Å². The number of aryl methyl sites for hydroxylation is 1. The molecule has 1 aromatic heterocycles. The standard InChI is InChI=1S/C13H14BrNO3S/c1-9-7-8-12(18-9)10(2)15-19(16,17)13-6-4-3-5-11(13)14/h3-8,10,15H,1-2H3. The van der Waals surface area contributed by atoms with E-state index in [1.165, 1.54) is 0 Å². The van der Waals surface area contributed by atoms with Crippen molar-refractivity contribution in [3.05, 3.63) is 52.4 Å². The maximum Gasteiger partial charge on any atom is 0.242 e. The van der Waals surface area contributed by atoms with E-state index in [9.17, 15) is 8.42 Å². The number of halogens is 1. The molecule has 0 spiro atoms. The van der Waals surface area contributed by atoms with Crippen molar-refractivity contribution in [2.75, 3.05) is 0 Å². The third-order valence-electron chi connectivity index (χ3n) is 2.65. The summed E-state index contributed by atoms with van der Waals surface area (Å²) in [6.07, 6.45) is 0. The fraction of sp³-hybridized carbons (Fsp3) is 0.231. The highest BCUT2D eigenvalue weighted by molar-refractivity contribution is 9.10. The van der Waals surface area contributed by atoms with Gasteiger partial charge in [0.05, 0.1) is 10.9 Å². The molecule has 1 heterocycles. The maximum absolute atomic E-state index is 12.3. The van der Waals surface area contributed by atoms with Gasteiger partial charge in [0.2, 0.25) is 10.0 Å². The molecule has 1 aromatic carbocycles.